The van der Waals surface area contributed by atoms with Crippen molar-refractivity contribution in [1.29, 1.82) is 0 Å². The third-order valence-electron chi connectivity index (χ3n) is 4.59. The molecule has 1 fully saturated rings. The number of nitrogens with zero attached hydrogens (tertiary/aromatic N) is 2. The highest BCUT2D eigenvalue weighted by atomic mass is 32.2. The molecule has 1 aliphatic heterocycles. The Morgan fingerprint density at radius 2 is 1.89 bits per heavy atom. The second kappa shape index (κ2) is 11.3. The average molecular weight is 397 g/mol. The van der Waals surface area contributed by atoms with E-state index in [0.717, 1.165) is 25.6 Å². The monoisotopic (exact) mass is 396 g/mol. The van der Waals surface area contributed by atoms with Crippen LogP contribution in [0.5, 0.6) is 0 Å². The van der Waals surface area contributed by atoms with Gasteiger partial charge in [-0.1, -0.05) is 30.3 Å². The predicted octanol–water partition coefficient (Wildman–Crippen LogP) is 1.05. The van der Waals surface area contributed by atoms with Crippen molar-refractivity contribution in [2.45, 2.75) is 18.9 Å². The van der Waals surface area contributed by atoms with Crippen molar-refractivity contribution in [3.8, 4) is 0 Å². The molecular weight excluding hydrogens is 364 g/mol. The summed E-state index contributed by atoms with van der Waals surface area (Å²) < 4.78 is 27.5. The first-order valence-electron chi connectivity index (χ1n) is 9.48. The van der Waals surface area contributed by atoms with E-state index in [1.807, 2.05) is 6.07 Å². The molecule has 0 aromatic heterocycles. The average Bonchev–Trinajstić information content (AvgIpc) is 3.17. The first-order valence-corrected chi connectivity index (χ1v) is 11.5. The van der Waals surface area contributed by atoms with Crippen molar-refractivity contribution in [2.24, 2.45) is 4.99 Å². The second-order valence-corrected chi connectivity index (χ2v) is 9.05. The Labute approximate surface area is 163 Å². The van der Waals surface area contributed by atoms with E-state index < -0.39 is 9.84 Å². The van der Waals surface area contributed by atoms with Crippen molar-refractivity contribution >= 4 is 15.8 Å². The number of likely N-dealkylation sites (tertiary alicyclic amines) is 1. The molecule has 1 aromatic carbocycles. The van der Waals surface area contributed by atoms with E-state index in [1.165, 1.54) is 24.7 Å². The van der Waals surface area contributed by atoms with E-state index in [9.17, 15) is 8.42 Å². The van der Waals surface area contributed by atoms with Crippen LogP contribution in [-0.4, -0.2) is 77.7 Å². The summed E-state index contributed by atoms with van der Waals surface area (Å²) in [5.74, 6) is 0.774. The van der Waals surface area contributed by atoms with Crippen molar-refractivity contribution in [3.05, 3.63) is 35.9 Å². The van der Waals surface area contributed by atoms with Crippen LogP contribution in [0, 0.1) is 0 Å². The smallest absolute Gasteiger partial charge is 0.191 e. The number of sulfone groups is 1. The fraction of sp³-hybridized carbons (Fsp3) is 0.632. The van der Waals surface area contributed by atoms with E-state index in [-0.39, 0.29) is 12.4 Å². The topological polar surface area (TPSA) is 83.0 Å². The lowest BCUT2D eigenvalue weighted by molar-refractivity contribution is 0.154. The highest BCUT2D eigenvalue weighted by Crippen LogP contribution is 2.24. The fourth-order valence-electron chi connectivity index (χ4n) is 3.15. The maximum absolute atomic E-state index is 11.1. The van der Waals surface area contributed by atoms with Crippen molar-refractivity contribution in [3.63, 3.8) is 0 Å². The lowest BCUT2D eigenvalue weighted by Crippen LogP contribution is -2.43. The minimum absolute atomic E-state index is 0.0502. The molecule has 1 aromatic rings. The van der Waals surface area contributed by atoms with E-state index >= 15 is 0 Å². The maximum atomic E-state index is 11.1. The van der Waals surface area contributed by atoms with Crippen LogP contribution in [0.25, 0.3) is 0 Å². The zero-order valence-corrected chi connectivity index (χ0v) is 17.2. The summed E-state index contributed by atoms with van der Waals surface area (Å²) in [5, 5.41) is 6.62. The zero-order chi connectivity index (χ0) is 19.5. The van der Waals surface area contributed by atoms with Crippen LogP contribution < -0.4 is 10.6 Å². The molecule has 1 aliphatic rings. The lowest BCUT2D eigenvalue weighted by Gasteiger charge is -2.29. The normalized spacial score (nSPS) is 17.0. The minimum Gasteiger partial charge on any atom is -0.379 e. The van der Waals surface area contributed by atoms with Gasteiger partial charge in [-0.2, -0.15) is 0 Å². The third-order valence-corrected chi connectivity index (χ3v) is 5.50. The summed E-state index contributed by atoms with van der Waals surface area (Å²) in [5.41, 5.74) is 1.31. The molecule has 2 N–H and O–H groups in total. The summed E-state index contributed by atoms with van der Waals surface area (Å²) in [6.07, 6.45) is 3.71. The Bertz CT molecular complexity index is 673. The van der Waals surface area contributed by atoms with Crippen molar-refractivity contribution in [1.82, 2.24) is 15.5 Å². The van der Waals surface area contributed by atoms with Crippen LogP contribution in [0.15, 0.2) is 35.3 Å². The van der Waals surface area contributed by atoms with Crippen LogP contribution >= 0.6 is 0 Å². The number of rotatable bonds is 10. The van der Waals surface area contributed by atoms with Crippen molar-refractivity contribution in [2.75, 3.05) is 58.4 Å². The summed E-state index contributed by atoms with van der Waals surface area (Å²) in [7, 11) is -1.23. The molecule has 0 amide bonds. The summed E-state index contributed by atoms with van der Waals surface area (Å²) in [6.45, 7) is 4.26. The molecule has 0 radical (unpaired) electrons. The van der Waals surface area contributed by atoms with E-state index in [0.29, 0.717) is 19.2 Å². The number of benzene rings is 1. The van der Waals surface area contributed by atoms with E-state index in [2.05, 4.69) is 44.8 Å². The fourth-order valence-corrected chi connectivity index (χ4v) is 3.57. The highest BCUT2D eigenvalue weighted by molar-refractivity contribution is 7.90. The van der Waals surface area contributed by atoms with Gasteiger partial charge < -0.3 is 15.4 Å². The van der Waals surface area contributed by atoms with Gasteiger partial charge in [0.25, 0.3) is 0 Å². The van der Waals surface area contributed by atoms with Gasteiger partial charge in [0.15, 0.2) is 5.96 Å². The maximum Gasteiger partial charge on any atom is 0.191 e. The van der Waals surface area contributed by atoms with Gasteiger partial charge in [-0.3, -0.25) is 9.89 Å². The van der Waals surface area contributed by atoms with Crippen LogP contribution in [-0.2, 0) is 14.6 Å². The van der Waals surface area contributed by atoms with Gasteiger partial charge >= 0.3 is 0 Å². The Kier molecular flexibility index (Phi) is 9.03. The van der Waals surface area contributed by atoms with Crippen LogP contribution in [0.3, 0.4) is 0 Å². The lowest BCUT2D eigenvalue weighted by atomic mass is 10.1. The van der Waals surface area contributed by atoms with E-state index in [1.54, 1.807) is 7.05 Å². The molecule has 2 rings (SSSR count). The number of aliphatic imine (C=N–C) groups is 1. The Morgan fingerprint density at radius 3 is 2.52 bits per heavy atom. The van der Waals surface area contributed by atoms with E-state index in [4.69, 9.17) is 4.74 Å². The highest BCUT2D eigenvalue weighted by Gasteiger charge is 2.23. The molecule has 0 spiro atoms. The minimum atomic E-state index is -2.97. The molecule has 0 bridgehead atoms. The van der Waals surface area contributed by atoms with Crippen LogP contribution in [0.4, 0.5) is 0 Å². The van der Waals surface area contributed by atoms with Crippen LogP contribution in [0.1, 0.15) is 24.4 Å². The Morgan fingerprint density at radius 1 is 1.19 bits per heavy atom. The Hall–Kier alpha value is -1.64. The van der Waals surface area contributed by atoms with Gasteiger partial charge in [-0.15, -0.1) is 0 Å². The first kappa shape index (κ1) is 21.7. The Balaban J connectivity index is 1.77. The van der Waals surface area contributed by atoms with Gasteiger partial charge in [-0.25, -0.2) is 8.42 Å². The predicted molar refractivity (Wildman–Crippen MR) is 110 cm³/mol. The van der Waals surface area contributed by atoms with Crippen LogP contribution in [0.2, 0.25) is 0 Å². The molecule has 1 atom stereocenters. The molecule has 152 valence electrons. The molecule has 1 saturated heterocycles. The molecule has 27 heavy (non-hydrogen) atoms. The summed E-state index contributed by atoms with van der Waals surface area (Å²) in [4.78, 5) is 6.78. The molecule has 8 heteroatoms. The van der Waals surface area contributed by atoms with Gasteiger partial charge in [0.05, 0.1) is 25.0 Å². The number of hydrogen-bond acceptors (Lipinski definition) is 5. The summed E-state index contributed by atoms with van der Waals surface area (Å²) >= 11 is 0. The number of guanidine groups is 1. The van der Waals surface area contributed by atoms with Gasteiger partial charge in [0.2, 0.25) is 0 Å². The first-order chi connectivity index (χ1) is 13.0. The summed E-state index contributed by atoms with van der Waals surface area (Å²) in [6, 6.07) is 10.9. The SMILES string of the molecule is CN=C(NCCOCCS(C)(=O)=O)NCC(c1ccccc1)N1CCCC1. The third kappa shape index (κ3) is 8.28. The number of ether oxygens (including phenoxy) is 1. The molecule has 0 aliphatic carbocycles. The number of nitrogens with one attached hydrogen (secondary N) is 2. The molecule has 1 heterocycles. The quantitative estimate of drug-likeness (QED) is 0.349. The molecule has 7 nitrogen and oxygen atoms in total. The second-order valence-electron chi connectivity index (χ2n) is 6.79. The van der Waals surface area contributed by atoms with Crippen molar-refractivity contribution < 1.29 is 13.2 Å². The van der Waals surface area contributed by atoms with Gasteiger partial charge in [-0.05, 0) is 31.5 Å². The van der Waals surface area contributed by atoms with Gasteiger partial charge in [0, 0.05) is 26.4 Å². The zero-order valence-electron chi connectivity index (χ0n) is 16.4. The standard InChI is InChI=1S/C19H32N4O3S/c1-20-19(21-10-13-26-14-15-27(2,24)25)22-16-18(23-11-6-7-12-23)17-8-4-3-5-9-17/h3-5,8-9,18H,6-7,10-16H2,1-2H3,(H2,20,21,22). The largest absolute Gasteiger partial charge is 0.379 e. The molecule has 1 unspecified atom stereocenters. The molecular formula is C19H32N4O3S. The number of hydrogen-bond donors (Lipinski definition) is 2. The molecule has 0 saturated carbocycles. The van der Waals surface area contributed by atoms with Gasteiger partial charge in [0.1, 0.15) is 9.84 Å².